The van der Waals surface area contributed by atoms with Crippen molar-refractivity contribution < 1.29 is 13.6 Å². The smallest absolute Gasteiger partial charge is 0.271 e. The second-order valence-corrected chi connectivity index (χ2v) is 6.25. The number of amides is 1. The van der Waals surface area contributed by atoms with E-state index >= 15 is 0 Å². The van der Waals surface area contributed by atoms with Gasteiger partial charge in [-0.3, -0.25) is 4.79 Å². The van der Waals surface area contributed by atoms with Gasteiger partial charge >= 0.3 is 0 Å². The first kappa shape index (κ1) is 14.4. The summed E-state index contributed by atoms with van der Waals surface area (Å²) in [4.78, 5) is 12.4. The normalized spacial score (nSPS) is 22.2. The van der Waals surface area contributed by atoms with E-state index in [1.165, 1.54) is 0 Å². The lowest BCUT2D eigenvalue weighted by molar-refractivity contribution is -0.0399. The van der Waals surface area contributed by atoms with Crippen molar-refractivity contribution in [3.8, 4) is 0 Å². The number of nitrogens with one attached hydrogen (secondary N) is 1. The maximum absolute atomic E-state index is 13.1. The van der Waals surface area contributed by atoms with Crippen molar-refractivity contribution in [2.45, 2.75) is 64.0 Å². The standard InChI is InChI=1S/C14H20F2N4O/c1-9-12(20(19-18-9)8-10-2-3-10)13(21)17-11-4-6-14(15,16)7-5-11/h10-11H,2-8H2,1H3,(H,17,21). The maximum Gasteiger partial charge on any atom is 0.271 e. The number of nitrogens with zero attached hydrogens (tertiary/aromatic N) is 3. The van der Waals surface area contributed by atoms with E-state index in [1.54, 1.807) is 11.6 Å². The van der Waals surface area contributed by atoms with Gasteiger partial charge in [0.1, 0.15) is 5.69 Å². The Hall–Kier alpha value is -1.53. The van der Waals surface area contributed by atoms with Crippen LogP contribution in [0.5, 0.6) is 0 Å². The molecule has 2 saturated carbocycles. The average Bonchev–Trinajstić information content (AvgIpc) is 3.15. The van der Waals surface area contributed by atoms with Gasteiger partial charge in [0.25, 0.3) is 5.91 Å². The van der Waals surface area contributed by atoms with Gasteiger partial charge in [-0.25, -0.2) is 13.5 Å². The fraction of sp³-hybridized carbons (Fsp3) is 0.786. The summed E-state index contributed by atoms with van der Waals surface area (Å²) in [6.45, 7) is 2.46. The van der Waals surface area contributed by atoms with E-state index in [0.29, 0.717) is 36.7 Å². The van der Waals surface area contributed by atoms with E-state index in [2.05, 4.69) is 15.6 Å². The van der Waals surface area contributed by atoms with Crippen LogP contribution in [0.1, 0.15) is 54.7 Å². The van der Waals surface area contributed by atoms with Gasteiger partial charge in [-0.2, -0.15) is 0 Å². The summed E-state index contributed by atoms with van der Waals surface area (Å²) in [6, 6.07) is -0.180. The van der Waals surface area contributed by atoms with Crippen molar-refractivity contribution in [3.05, 3.63) is 11.4 Å². The number of hydrogen-bond acceptors (Lipinski definition) is 3. The van der Waals surface area contributed by atoms with Gasteiger partial charge in [-0.05, 0) is 38.5 Å². The van der Waals surface area contributed by atoms with Gasteiger partial charge in [0, 0.05) is 25.4 Å². The molecule has 0 aromatic carbocycles. The topological polar surface area (TPSA) is 59.8 Å². The number of aromatic nitrogens is 3. The van der Waals surface area contributed by atoms with E-state index in [-0.39, 0.29) is 24.8 Å². The molecular weight excluding hydrogens is 278 g/mol. The highest BCUT2D eigenvalue weighted by Gasteiger charge is 2.36. The Kier molecular flexibility index (Phi) is 3.67. The summed E-state index contributed by atoms with van der Waals surface area (Å²) in [5.74, 6) is -2.23. The quantitative estimate of drug-likeness (QED) is 0.928. The number of carbonyl (C=O) groups is 1. The zero-order valence-corrected chi connectivity index (χ0v) is 12.1. The molecule has 1 N–H and O–H groups in total. The van der Waals surface area contributed by atoms with Gasteiger partial charge in [-0.1, -0.05) is 5.21 Å². The Labute approximate surface area is 122 Å². The van der Waals surface area contributed by atoms with Crippen LogP contribution in [0, 0.1) is 12.8 Å². The van der Waals surface area contributed by atoms with Crippen LogP contribution in [0.3, 0.4) is 0 Å². The average molecular weight is 298 g/mol. The third-order valence-electron chi connectivity index (χ3n) is 4.30. The molecule has 0 radical (unpaired) electrons. The zero-order chi connectivity index (χ0) is 15.0. The Morgan fingerprint density at radius 1 is 1.33 bits per heavy atom. The van der Waals surface area contributed by atoms with Crippen LogP contribution in [0.4, 0.5) is 8.78 Å². The number of alkyl halides is 2. The minimum atomic E-state index is -2.58. The first-order valence-corrected chi connectivity index (χ1v) is 7.53. The fourth-order valence-electron chi connectivity index (χ4n) is 2.79. The highest BCUT2D eigenvalue weighted by Crippen LogP contribution is 2.33. The van der Waals surface area contributed by atoms with Gasteiger partial charge < -0.3 is 5.32 Å². The van der Waals surface area contributed by atoms with E-state index in [4.69, 9.17) is 0 Å². The summed E-state index contributed by atoms with van der Waals surface area (Å²) < 4.78 is 27.9. The summed E-state index contributed by atoms with van der Waals surface area (Å²) in [5.41, 5.74) is 1.06. The highest BCUT2D eigenvalue weighted by atomic mass is 19.3. The van der Waals surface area contributed by atoms with Gasteiger partial charge in [0.15, 0.2) is 0 Å². The van der Waals surface area contributed by atoms with Crippen LogP contribution >= 0.6 is 0 Å². The molecule has 0 bridgehead atoms. The monoisotopic (exact) mass is 298 g/mol. The second kappa shape index (κ2) is 5.35. The molecule has 5 nitrogen and oxygen atoms in total. The van der Waals surface area contributed by atoms with Crippen molar-refractivity contribution in [2.75, 3.05) is 0 Å². The van der Waals surface area contributed by atoms with Crippen molar-refractivity contribution in [1.82, 2.24) is 20.3 Å². The molecule has 2 aliphatic carbocycles. The van der Waals surface area contributed by atoms with Gasteiger partial charge in [-0.15, -0.1) is 5.10 Å². The van der Waals surface area contributed by atoms with Crippen molar-refractivity contribution >= 4 is 5.91 Å². The molecule has 1 heterocycles. The van der Waals surface area contributed by atoms with Gasteiger partial charge in [0.05, 0.1) is 5.69 Å². The van der Waals surface area contributed by atoms with E-state index in [9.17, 15) is 13.6 Å². The maximum atomic E-state index is 13.1. The van der Waals surface area contributed by atoms with Crippen LogP contribution in [-0.2, 0) is 6.54 Å². The molecule has 0 saturated heterocycles. The molecule has 1 amide bonds. The van der Waals surface area contributed by atoms with Gasteiger partial charge in [0.2, 0.25) is 5.92 Å². The Morgan fingerprint density at radius 3 is 2.62 bits per heavy atom. The van der Waals surface area contributed by atoms with Crippen LogP contribution in [0.2, 0.25) is 0 Å². The van der Waals surface area contributed by atoms with E-state index < -0.39 is 5.92 Å². The molecule has 2 aliphatic rings. The minimum absolute atomic E-state index is 0.156. The molecule has 0 spiro atoms. The molecule has 1 aromatic heterocycles. The summed E-state index contributed by atoms with van der Waals surface area (Å²) in [7, 11) is 0. The zero-order valence-electron chi connectivity index (χ0n) is 12.1. The molecule has 21 heavy (non-hydrogen) atoms. The summed E-state index contributed by atoms with van der Waals surface area (Å²) in [6.07, 6.45) is 2.66. The Bertz CT molecular complexity index is 529. The second-order valence-electron chi connectivity index (χ2n) is 6.25. The first-order chi connectivity index (χ1) is 9.94. The molecule has 3 rings (SSSR count). The lowest BCUT2D eigenvalue weighted by Gasteiger charge is -2.28. The molecule has 2 fully saturated rings. The van der Waals surface area contributed by atoms with E-state index in [0.717, 1.165) is 12.8 Å². The molecular formula is C14H20F2N4O. The number of halogens is 2. The molecule has 7 heteroatoms. The SMILES string of the molecule is Cc1nnn(CC2CC2)c1C(=O)NC1CCC(F)(F)CC1. The van der Waals surface area contributed by atoms with Crippen LogP contribution in [-0.4, -0.2) is 32.9 Å². The van der Waals surface area contributed by atoms with E-state index in [1.807, 2.05) is 0 Å². The number of carbonyl (C=O) groups excluding carboxylic acids is 1. The fourth-order valence-corrected chi connectivity index (χ4v) is 2.79. The largest absolute Gasteiger partial charge is 0.348 e. The van der Waals surface area contributed by atoms with Crippen LogP contribution < -0.4 is 5.32 Å². The molecule has 0 aliphatic heterocycles. The number of hydrogen-bond donors (Lipinski definition) is 1. The predicted molar refractivity (Wildman–Crippen MR) is 72.2 cm³/mol. The minimum Gasteiger partial charge on any atom is -0.348 e. The highest BCUT2D eigenvalue weighted by molar-refractivity contribution is 5.93. The number of aryl methyl sites for hydroxylation is 1. The summed E-state index contributed by atoms with van der Waals surface area (Å²) >= 11 is 0. The predicted octanol–water partition coefficient (Wildman–Crippen LogP) is 2.30. The third-order valence-corrected chi connectivity index (χ3v) is 4.30. The molecule has 1 aromatic rings. The molecule has 0 atom stereocenters. The molecule has 116 valence electrons. The van der Waals surface area contributed by atoms with Crippen molar-refractivity contribution in [3.63, 3.8) is 0 Å². The van der Waals surface area contributed by atoms with Crippen molar-refractivity contribution in [1.29, 1.82) is 0 Å². The lowest BCUT2D eigenvalue weighted by Crippen LogP contribution is -2.41. The third kappa shape index (κ3) is 3.39. The van der Waals surface area contributed by atoms with Crippen LogP contribution in [0.25, 0.3) is 0 Å². The summed E-state index contributed by atoms with van der Waals surface area (Å²) in [5, 5.41) is 10.8. The van der Waals surface area contributed by atoms with Crippen molar-refractivity contribution in [2.24, 2.45) is 5.92 Å². The molecule has 0 unspecified atom stereocenters. The Balaban J connectivity index is 1.64. The lowest BCUT2D eigenvalue weighted by atomic mass is 9.92. The number of rotatable bonds is 4. The first-order valence-electron chi connectivity index (χ1n) is 7.53. The Morgan fingerprint density at radius 2 is 2.00 bits per heavy atom. The van der Waals surface area contributed by atoms with Crippen LogP contribution in [0.15, 0.2) is 0 Å².